The molecule has 2 aliphatic rings. The molecule has 0 aliphatic heterocycles. The molecule has 0 aromatic carbocycles. The van der Waals surface area contributed by atoms with Gasteiger partial charge in [-0.15, -0.1) is 12.4 Å². The van der Waals surface area contributed by atoms with E-state index in [1.807, 2.05) is 0 Å². The van der Waals surface area contributed by atoms with Gasteiger partial charge in [0.1, 0.15) is 0 Å². The predicted octanol–water partition coefficient (Wildman–Crippen LogP) is 2.50. The second-order valence-electron chi connectivity index (χ2n) is 5.66. The molecule has 0 spiro atoms. The first-order chi connectivity index (χ1) is 8.31. The van der Waals surface area contributed by atoms with Crippen LogP contribution in [0.2, 0.25) is 0 Å². The first-order valence-electron chi connectivity index (χ1n) is 6.88. The highest BCUT2D eigenvalue weighted by molar-refractivity contribution is 5.85. The summed E-state index contributed by atoms with van der Waals surface area (Å²) in [4.78, 5) is 4.49. The van der Waals surface area contributed by atoms with Gasteiger partial charge < -0.3 is 10.3 Å². The lowest BCUT2D eigenvalue weighted by atomic mass is 9.83. The molecule has 2 aliphatic carbocycles. The van der Waals surface area contributed by atoms with Crippen LogP contribution < -0.4 is 5.73 Å². The molecule has 0 amide bonds. The molecule has 1 aromatic rings. The topological polar surface area (TPSA) is 64.9 Å². The molecule has 4 nitrogen and oxygen atoms in total. The van der Waals surface area contributed by atoms with Crippen molar-refractivity contribution in [3.63, 3.8) is 0 Å². The molecule has 2 atom stereocenters. The van der Waals surface area contributed by atoms with Crippen LogP contribution in [0.25, 0.3) is 0 Å². The number of hydrogen-bond donors (Lipinski definition) is 1. The molecule has 18 heavy (non-hydrogen) atoms. The van der Waals surface area contributed by atoms with Gasteiger partial charge in [0.2, 0.25) is 5.89 Å². The van der Waals surface area contributed by atoms with Crippen molar-refractivity contribution < 1.29 is 4.52 Å². The van der Waals surface area contributed by atoms with E-state index in [4.69, 9.17) is 10.3 Å². The van der Waals surface area contributed by atoms with E-state index < -0.39 is 0 Å². The van der Waals surface area contributed by atoms with E-state index in [2.05, 4.69) is 10.1 Å². The summed E-state index contributed by atoms with van der Waals surface area (Å²) in [5, 5.41) is 4.06. The molecule has 3 rings (SSSR count). The van der Waals surface area contributed by atoms with Crippen molar-refractivity contribution in [1.29, 1.82) is 0 Å². The van der Waals surface area contributed by atoms with Gasteiger partial charge in [0, 0.05) is 18.9 Å². The first-order valence-corrected chi connectivity index (χ1v) is 6.88. The van der Waals surface area contributed by atoms with Crippen LogP contribution in [0.1, 0.15) is 50.2 Å². The molecule has 1 aromatic heterocycles. The van der Waals surface area contributed by atoms with E-state index in [0.717, 1.165) is 36.9 Å². The summed E-state index contributed by atoms with van der Waals surface area (Å²) >= 11 is 0. The Kier molecular flexibility index (Phi) is 4.62. The van der Waals surface area contributed by atoms with Crippen molar-refractivity contribution in [2.24, 2.45) is 17.6 Å². The fourth-order valence-corrected chi connectivity index (χ4v) is 2.75. The van der Waals surface area contributed by atoms with Crippen LogP contribution in [-0.2, 0) is 12.8 Å². The molecule has 2 fully saturated rings. The van der Waals surface area contributed by atoms with Crippen LogP contribution in [0, 0.1) is 11.8 Å². The predicted molar refractivity (Wildman–Crippen MR) is 71.6 cm³/mol. The monoisotopic (exact) mass is 271 g/mol. The lowest BCUT2D eigenvalue weighted by Gasteiger charge is -2.27. The summed E-state index contributed by atoms with van der Waals surface area (Å²) in [6, 6.07) is 0.322. The minimum absolute atomic E-state index is 0. The Hall–Kier alpha value is -0.610. The molecule has 5 heteroatoms. The lowest BCUT2D eigenvalue weighted by Crippen LogP contribution is -2.34. The van der Waals surface area contributed by atoms with Crippen LogP contribution in [0.15, 0.2) is 4.52 Å². The zero-order chi connectivity index (χ0) is 11.7. The van der Waals surface area contributed by atoms with Gasteiger partial charge in [0.25, 0.3) is 0 Å². The minimum Gasteiger partial charge on any atom is -0.339 e. The summed E-state index contributed by atoms with van der Waals surface area (Å²) in [5.41, 5.74) is 6.13. The van der Waals surface area contributed by atoms with Crippen LogP contribution >= 0.6 is 12.4 Å². The lowest BCUT2D eigenvalue weighted by molar-refractivity contribution is 0.272. The van der Waals surface area contributed by atoms with Crippen LogP contribution in [0.4, 0.5) is 0 Å². The first kappa shape index (κ1) is 13.8. The molecule has 1 heterocycles. The van der Waals surface area contributed by atoms with Crippen molar-refractivity contribution in [2.75, 3.05) is 0 Å². The molecule has 2 unspecified atom stereocenters. The largest absolute Gasteiger partial charge is 0.339 e. The SMILES string of the molecule is Cl.NC1CCCCC1Cc1nc(CC2CC2)no1. The van der Waals surface area contributed by atoms with E-state index in [1.165, 1.54) is 32.1 Å². The quantitative estimate of drug-likeness (QED) is 0.914. The number of halogens is 1. The summed E-state index contributed by atoms with van der Waals surface area (Å²) in [6.07, 6.45) is 9.46. The molecular weight excluding hydrogens is 250 g/mol. The van der Waals surface area contributed by atoms with Gasteiger partial charge in [-0.3, -0.25) is 0 Å². The Balaban J connectivity index is 0.00000120. The molecule has 2 N–H and O–H groups in total. The summed E-state index contributed by atoms with van der Waals surface area (Å²) < 4.78 is 5.33. The number of nitrogens with two attached hydrogens (primary N) is 1. The average molecular weight is 272 g/mol. The molecule has 102 valence electrons. The second-order valence-corrected chi connectivity index (χ2v) is 5.66. The average Bonchev–Trinajstić information content (AvgIpc) is 3.02. The van der Waals surface area contributed by atoms with Crippen molar-refractivity contribution in [3.8, 4) is 0 Å². The Morgan fingerprint density at radius 3 is 2.61 bits per heavy atom. The maximum atomic E-state index is 6.13. The normalized spacial score (nSPS) is 27.8. The van der Waals surface area contributed by atoms with Gasteiger partial charge >= 0.3 is 0 Å². The molecule has 0 bridgehead atoms. The smallest absolute Gasteiger partial charge is 0.226 e. The van der Waals surface area contributed by atoms with E-state index in [-0.39, 0.29) is 12.4 Å². The minimum atomic E-state index is 0. The van der Waals surface area contributed by atoms with E-state index in [9.17, 15) is 0 Å². The van der Waals surface area contributed by atoms with Gasteiger partial charge in [0.15, 0.2) is 5.82 Å². The summed E-state index contributed by atoms with van der Waals surface area (Å²) in [7, 11) is 0. The third kappa shape index (κ3) is 3.45. The summed E-state index contributed by atoms with van der Waals surface area (Å²) in [6.45, 7) is 0. The molecular formula is C13H22ClN3O. The maximum Gasteiger partial charge on any atom is 0.226 e. The highest BCUT2D eigenvalue weighted by atomic mass is 35.5. The third-order valence-electron chi connectivity index (χ3n) is 4.08. The van der Waals surface area contributed by atoms with Crippen molar-refractivity contribution in [2.45, 2.75) is 57.4 Å². The third-order valence-corrected chi connectivity index (χ3v) is 4.08. The number of hydrogen-bond acceptors (Lipinski definition) is 4. The molecule has 0 radical (unpaired) electrons. The van der Waals surface area contributed by atoms with Crippen molar-refractivity contribution in [1.82, 2.24) is 10.1 Å². The number of aromatic nitrogens is 2. The number of rotatable bonds is 4. The highest BCUT2D eigenvalue weighted by Gasteiger charge is 2.26. The van der Waals surface area contributed by atoms with Crippen molar-refractivity contribution in [3.05, 3.63) is 11.7 Å². The Labute approximate surface area is 114 Å². The molecule has 2 saturated carbocycles. The van der Waals surface area contributed by atoms with Gasteiger partial charge in [-0.05, 0) is 37.5 Å². The van der Waals surface area contributed by atoms with E-state index >= 15 is 0 Å². The number of nitrogens with zero attached hydrogens (tertiary/aromatic N) is 2. The zero-order valence-corrected chi connectivity index (χ0v) is 11.5. The van der Waals surface area contributed by atoms with Crippen LogP contribution in [-0.4, -0.2) is 16.2 Å². The zero-order valence-electron chi connectivity index (χ0n) is 10.7. The van der Waals surface area contributed by atoms with E-state index in [0.29, 0.717) is 12.0 Å². The van der Waals surface area contributed by atoms with Crippen LogP contribution in [0.3, 0.4) is 0 Å². The van der Waals surface area contributed by atoms with E-state index in [1.54, 1.807) is 0 Å². The fourth-order valence-electron chi connectivity index (χ4n) is 2.75. The van der Waals surface area contributed by atoms with Crippen LogP contribution in [0.5, 0.6) is 0 Å². The van der Waals surface area contributed by atoms with Gasteiger partial charge in [-0.1, -0.05) is 18.0 Å². The van der Waals surface area contributed by atoms with Gasteiger partial charge in [-0.25, -0.2) is 0 Å². The summed E-state index contributed by atoms with van der Waals surface area (Å²) in [5.74, 6) is 3.05. The molecule has 0 saturated heterocycles. The standard InChI is InChI=1S/C13H21N3O.ClH/c14-11-4-2-1-3-10(11)8-13-15-12(16-17-13)7-9-5-6-9;/h9-11H,1-8,14H2;1H. The van der Waals surface area contributed by atoms with Gasteiger partial charge in [0.05, 0.1) is 0 Å². The van der Waals surface area contributed by atoms with Gasteiger partial charge in [-0.2, -0.15) is 4.98 Å². The Bertz CT molecular complexity index is 378. The fraction of sp³-hybridized carbons (Fsp3) is 0.846. The second kappa shape index (κ2) is 6.02. The van der Waals surface area contributed by atoms with Crippen molar-refractivity contribution >= 4 is 12.4 Å². The Morgan fingerprint density at radius 2 is 1.89 bits per heavy atom. The highest BCUT2D eigenvalue weighted by Crippen LogP contribution is 2.32. The Morgan fingerprint density at radius 1 is 1.11 bits per heavy atom. The maximum absolute atomic E-state index is 6.13.